The Bertz CT molecular complexity index is 1050. The van der Waals surface area contributed by atoms with Gasteiger partial charge in [-0.05, 0) is 40.9 Å². The minimum absolute atomic E-state index is 0.0177. The van der Waals surface area contributed by atoms with Gasteiger partial charge in [0.05, 0.1) is 11.3 Å². The predicted molar refractivity (Wildman–Crippen MR) is 127 cm³/mol. The molecular formula is C24H24BrN3O2S. The van der Waals surface area contributed by atoms with Crippen LogP contribution in [0.4, 0.5) is 0 Å². The van der Waals surface area contributed by atoms with Crippen LogP contribution in [0.1, 0.15) is 28.9 Å². The van der Waals surface area contributed by atoms with Gasteiger partial charge in [-0.2, -0.15) is 0 Å². The second kappa shape index (κ2) is 10.2. The molecule has 0 aliphatic carbocycles. The van der Waals surface area contributed by atoms with Crippen LogP contribution in [-0.4, -0.2) is 41.3 Å². The van der Waals surface area contributed by atoms with E-state index < -0.39 is 0 Å². The summed E-state index contributed by atoms with van der Waals surface area (Å²) in [6.45, 7) is 1.78. The van der Waals surface area contributed by atoms with Crippen molar-refractivity contribution in [1.82, 2.24) is 15.2 Å². The van der Waals surface area contributed by atoms with E-state index in [0.29, 0.717) is 44.5 Å². The number of thiazole rings is 1. The van der Waals surface area contributed by atoms with E-state index in [1.165, 1.54) is 0 Å². The van der Waals surface area contributed by atoms with E-state index in [1.54, 1.807) is 11.3 Å². The third-order valence-electron chi connectivity index (χ3n) is 5.51. The molecule has 3 aromatic rings. The van der Waals surface area contributed by atoms with Gasteiger partial charge < -0.3 is 10.2 Å². The number of carbonyl (C=O) groups excluding carboxylic acids is 2. The number of rotatable bonds is 6. The second-order valence-electron chi connectivity index (χ2n) is 7.60. The summed E-state index contributed by atoms with van der Waals surface area (Å²) in [5.41, 5.74) is 2.79. The number of aromatic nitrogens is 1. The summed E-state index contributed by atoms with van der Waals surface area (Å²) in [4.78, 5) is 31.8. The molecule has 0 spiro atoms. The quantitative estimate of drug-likeness (QED) is 0.532. The number of likely N-dealkylation sites (tertiary alicyclic amines) is 1. The maximum absolute atomic E-state index is 12.7. The number of hydrogen-bond acceptors (Lipinski definition) is 4. The Balaban J connectivity index is 1.22. The summed E-state index contributed by atoms with van der Waals surface area (Å²) in [5, 5.41) is 6.11. The molecule has 0 saturated carbocycles. The van der Waals surface area contributed by atoms with Gasteiger partial charge in [0.1, 0.15) is 5.01 Å². The zero-order valence-electron chi connectivity index (χ0n) is 17.1. The van der Waals surface area contributed by atoms with E-state index in [1.807, 2.05) is 47.4 Å². The number of hydrogen-bond donors (Lipinski definition) is 1. The lowest BCUT2D eigenvalue weighted by molar-refractivity contribution is -0.126. The summed E-state index contributed by atoms with van der Waals surface area (Å²) in [6, 6.07) is 17.6. The van der Waals surface area contributed by atoms with Gasteiger partial charge in [0, 0.05) is 47.4 Å². The molecule has 2 amide bonds. The van der Waals surface area contributed by atoms with Crippen LogP contribution in [0, 0.1) is 5.92 Å². The Kier molecular flexibility index (Phi) is 7.14. The SMILES string of the molecule is O=C(NCCc1csc(-c2ccccc2)n1)C1CCN(C(=O)c2ccccc2Br)CC1. The highest BCUT2D eigenvalue weighted by atomic mass is 79.9. The number of nitrogens with zero attached hydrogens (tertiary/aromatic N) is 2. The van der Waals surface area contributed by atoms with E-state index >= 15 is 0 Å². The van der Waals surface area contributed by atoms with Crippen molar-refractivity contribution in [3.63, 3.8) is 0 Å². The summed E-state index contributed by atoms with van der Waals surface area (Å²) in [5.74, 6) is 0.0502. The van der Waals surface area contributed by atoms with Gasteiger partial charge in [-0.25, -0.2) is 4.98 Å². The van der Waals surface area contributed by atoms with Gasteiger partial charge in [0.25, 0.3) is 5.91 Å². The van der Waals surface area contributed by atoms with Crippen molar-refractivity contribution in [3.05, 3.63) is 75.7 Å². The fraction of sp³-hybridized carbons (Fsp3) is 0.292. The van der Waals surface area contributed by atoms with Crippen molar-refractivity contribution in [1.29, 1.82) is 0 Å². The maximum atomic E-state index is 12.7. The first-order valence-electron chi connectivity index (χ1n) is 10.4. The fourth-order valence-electron chi connectivity index (χ4n) is 3.74. The first-order chi connectivity index (χ1) is 15.1. The Hall–Kier alpha value is -2.51. The molecule has 1 N–H and O–H groups in total. The van der Waals surface area contributed by atoms with Gasteiger partial charge in [0.15, 0.2) is 0 Å². The highest BCUT2D eigenvalue weighted by molar-refractivity contribution is 9.10. The van der Waals surface area contributed by atoms with E-state index in [4.69, 9.17) is 0 Å². The average Bonchev–Trinajstić information content (AvgIpc) is 3.28. The lowest BCUT2D eigenvalue weighted by Gasteiger charge is -2.31. The van der Waals surface area contributed by atoms with E-state index in [-0.39, 0.29) is 17.7 Å². The van der Waals surface area contributed by atoms with E-state index in [2.05, 4.69) is 43.7 Å². The largest absolute Gasteiger partial charge is 0.355 e. The van der Waals surface area contributed by atoms with Crippen molar-refractivity contribution in [2.75, 3.05) is 19.6 Å². The maximum Gasteiger partial charge on any atom is 0.254 e. The molecule has 1 aliphatic rings. The lowest BCUT2D eigenvalue weighted by Crippen LogP contribution is -2.43. The molecule has 1 aromatic heterocycles. The second-order valence-corrected chi connectivity index (χ2v) is 9.31. The van der Waals surface area contributed by atoms with Crippen molar-refractivity contribution in [2.45, 2.75) is 19.3 Å². The molecule has 4 rings (SSSR count). The molecule has 0 bridgehead atoms. The molecule has 1 fully saturated rings. The Labute approximate surface area is 194 Å². The Morgan fingerprint density at radius 3 is 2.52 bits per heavy atom. The minimum Gasteiger partial charge on any atom is -0.355 e. The van der Waals surface area contributed by atoms with Crippen LogP contribution >= 0.6 is 27.3 Å². The standard InChI is InChI=1S/C24H24BrN3O2S/c25-21-9-5-4-8-20(21)24(30)28-14-11-17(12-15-28)22(29)26-13-10-19-16-31-23(27-19)18-6-2-1-3-7-18/h1-9,16-17H,10-15H2,(H,26,29). The summed E-state index contributed by atoms with van der Waals surface area (Å²) < 4.78 is 0.803. The number of halogens is 1. The minimum atomic E-state index is -0.0430. The number of carbonyl (C=O) groups is 2. The number of benzene rings is 2. The zero-order chi connectivity index (χ0) is 21.6. The van der Waals surface area contributed by atoms with Crippen LogP contribution in [0.15, 0.2) is 64.5 Å². The van der Waals surface area contributed by atoms with Gasteiger partial charge in [0.2, 0.25) is 5.91 Å². The zero-order valence-corrected chi connectivity index (χ0v) is 19.5. The van der Waals surface area contributed by atoms with Crippen LogP contribution < -0.4 is 5.32 Å². The Morgan fingerprint density at radius 1 is 1.06 bits per heavy atom. The normalized spacial score (nSPS) is 14.4. The third kappa shape index (κ3) is 5.40. The first-order valence-corrected chi connectivity index (χ1v) is 12.1. The van der Waals surface area contributed by atoms with Crippen LogP contribution in [0.3, 0.4) is 0 Å². The molecule has 0 unspecified atom stereocenters. The highest BCUT2D eigenvalue weighted by Crippen LogP contribution is 2.24. The molecule has 2 heterocycles. The van der Waals surface area contributed by atoms with Crippen LogP contribution in [0.5, 0.6) is 0 Å². The van der Waals surface area contributed by atoms with Gasteiger partial charge in [-0.1, -0.05) is 42.5 Å². The van der Waals surface area contributed by atoms with Gasteiger partial charge >= 0.3 is 0 Å². The molecule has 1 aliphatic heterocycles. The third-order valence-corrected chi connectivity index (χ3v) is 7.14. The highest BCUT2D eigenvalue weighted by Gasteiger charge is 2.28. The van der Waals surface area contributed by atoms with Crippen molar-refractivity contribution in [2.24, 2.45) is 5.92 Å². The lowest BCUT2D eigenvalue weighted by atomic mass is 9.95. The van der Waals surface area contributed by atoms with E-state index in [0.717, 1.165) is 20.7 Å². The monoisotopic (exact) mass is 497 g/mol. The summed E-state index contributed by atoms with van der Waals surface area (Å²) >= 11 is 5.07. The van der Waals surface area contributed by atoms with Crippen molar-refractivity contribution in [3.8, 4) is 10.6 Å². The summed E-state index contributed by atoms with van der Waals surface area (Å²) in [6.07, 6.45) is 2.10. The van der Waals surface area contributed by atoms with Crippen LogP contribution in [0.25, 0.3) is 10.6 Å². The topological polar surface area (TPSA) is 62.3 Å². The van der Waals surface area contributed by atoms with E-state index in [9.17, 15) is 9.59 Å². The van der Waals surface area contributed by atoms with Gasteiger partial charge in [-0.15, -0.1) is 11.3 Å². The predicted octanol–water partition coefficient (Wildman–Crippen LogP) is 4.78. The molecule has 0 atom stereocenters. The van der Waals surface area contributed by atoms with Crippen LogP contribution in [0.2, 0.25) is 0 Å². The first kappa shape index (κ1) is 21.7. The van der Waals surface area contributed by atoms with Crippen LogP contribution in [-0.2, 0) is 11.2 Å². The molecule has 31 heavy (non-hydrogen) atoms. The summed E-state index contributed by atoms with van der Waals surface area (Å²) in [7, 11) is 0. The number of nitrogens with one attached hydrogen (secondary N) is 1. The number of piperidine rings is 1. The van der Waals surface area contributed by atoms with Crippen molar-refractivity contribution < 1.29 is 9.59 Å². The molecule has 7 heteroatoms. The molecule has 1 saturated heterocycles. The molecular weight excluding hydrogens is 474 g/mol. The Morgan fingerprint density at radius 2 is 1.77 bits per heavy atom. The molecule has 5 nitrogen and oxygen atoms in total. The average molecular weight is 498 g/mol. The number of amides is 2. The molecule has 2 aromatic carbocycles. The smallest absolute Gasteiger partial charge is 0.254 e. The molecule has 160 valence electrons. The molecule has 0 radical (unpaired) electrons. The fourth-order valence-corrected chi connectivity index (χ4v) is 5.06. The van der Waals surface area contributed by atoms with Gasteiger partial charge in [-0.3, -0.25) is 9.59 Å². The van der Waals surface area contributed by atoms with Crippen molar-refractivity contribution >= 4 is 39.1 Å².